The number of hydrogen-bond acceptors (Lipinski definition) is 1. The van der Waals surface area contributed by atoms with Crippen LogP contribution in [0.1, 0.15) is 22.3 Å². The van der Waals surface area contributed by atoms with Gasteiger partial charge < -0.3 is 0 Å². The van der Waals surface area contributed by atoms with Crippen molar-refractivity contribution >= 4 is 16.3 Å². The molecule has 62 heavy (non-hydrogen) atoms. The Labute approximate surface area is 361 Å². The van der Waals surface area contributed by atoms with Gasteiger partial charge in [-0.15, -0.1) is 0 Å². The molecule has 0 bridgehead atoms. The van der Waals surface area contributed by atoms with E-state index in [1.165, 1.54) is 49.9 Å². The number of fused-ring (bicyclic) bond motifs is 6. The zero-order chi connectivity index (χ0) is 41.0. The molecule has 0 amide bonds. The second-order valence-corrected chi connectivity index (χ2v) is 16.2. The molecule has 9 aromatic carbocycles. The van der Waals surface area contributed by atoms with E-state index in [-0.39, 0.29) is 0 Å². The minimum absolute atomic E-state index is 0.454. The first-order valence-corrected chi connectivity index (χ1v) is 21.4. The predicted molar refractivity (Wildman–Crippen MR) is 257 cm³/mol. The summed E-state index contributed by atoms with van der Waals surface area (Å²) in [6.07, 6.45) is 0. The Morgan fingerprint density at radius 1 is 0.323 bits per heavy atom. The third kappa shape index (κ3) is 5.47. The highest BCUT2D eigenvalue weighted by Gasteiger charge is 2.46. The summed E-state index contributed by atoms with van der Waals surface area (Å²) < 4.78 is 2.22. The fourth-order valence-corrected chi connectivity index (χ4v) is 10.3. The first kappa shape index (κ1) is 35.8. The Bertz CT molecular complexity index is 3370. The summed E-state index contributed by atoms with van der Waals surface area (Å²) in [6, 6.07) is 88.2. The number of aromatic nitrogens is 2. The smallest absolute Gasteiger partial charge is 0.101 e. The van der Waals surface area contributed by atoms with E-state index in [1.807, 2.05) is 0 Å². The van der Waals surface area contributed by atoms with Gasteiger partial charge in [-0.2, -0.15) is 5.10 Å². The molecule has 0 N–H and O–H groups in total. The molecule has 2 heterocycles. The summed E-state index contributed by atoms with van der Waals surface area (Å²) >= 11 is 0. The fourth-order valence-electron chi connectivity index (χ4n) is 10.3. The lowest BCUT2D eigenvalue weighted by Gasteiger charge is -2.34. The molecule has 1 aliphatic carbocycles. The van der Waals surface area contributed by atoms with Gasteiger partial charge in [0.2, 0.25) is 0 Å². The van der Waals surface area contributed by atoms with Crippen LogP contribution in [0.4, 0.5) is 0 Å². The highest BCUT2D eigenvalue weighted by atomic mass is 15.2. The molecule has 0 atom stereocenters. The van der Waals surface area contributed by atoms with E-state index in [9.17, 15) is 0 Å². The molecular formula is C60H40N2. The topological polar surface area (TPSA) is 17.3 Å². The third-order valence-corrected chi connectivity index (χ3v) is 12.9. The number of pyridine rings is 1. The van der Waals surface area contributed by atoms with Gasteiger partial charge in [-0.25, -0.2) is 4.52 Å². The molecular weight excluding hydrogens is 749 g/mol. The van der Waals surface area contributed by atoms with Crippen LogP contribution in [0, 0.1) is 0 Å². The third-order valence-electron chi connectivity index (χ3n) is 12.9. The van der Waals surface area contributed by atoms with Crippen molar-refractivity contribution in [2.24, 2.45) is 0 Å². The van der Waals surface area contributed by atoms with Crippen molar-refractivity contribution < 1.29 is 0 Å². The molecule has 0 saturated heterocycles. The van der Waals surface area contributed by atoms with Crippen molar-refractivity contribution in [2.75, 3.05) is 0 Å². The summed E-state index contributed by atoms with van der Waals surface area (Å²) in [5.74, 6) is 0. The quantitative estimate of drug-likeness (QED) is 0.157. The molecule has 0 saturated carbocycles. The summed E-state index contributed by atoms with van der Waals surface area (Å²) in [6.45, 7) is 0. The molecule has 2 heteroatoms. The van der Waals surface area contributed by atoms with Crippen LogP contribution in [0.25, 0.3) is 83.3 Å². The molecule has 0 aliphatic heterocycles. The van der Waals surface area contributed by atoms with E-state index in [2.05, 4.69) is 247 Å². The maximum atomic E-state index is 5.57. The SMILES string of the molecule is c1ccc(-c2nn3c(-c4ccccc4)c(-c4ccc(-c5ccc6c(c5)C(c5ccccc5)(c5ccccc5)c5ccccc5-6)cc4)c4ccccc4c3c2-c2ccccc2)cc1. The highest BCUT2D eigenvalue weighted by Crippen LogP contribution is 2.57. The average Bonchev–Trinajstić information content (AvgIpc) is 3.90. The average molecular weight is 789 g/mol. The van der Waals surface area contributed by atoms with E-state index in [4.69, 9.17) is 5.10 Å². The number of benzene rings is 9. The highest BCUT2D eigenvalue weighted by molar-refractivity contribution is 6.15. The van der Waals surface area contributed by atoms with Crippen LogP contribution >= 0.6 is 0 Å². The van der Waals surface area contributed by atoms with Crippen molar-refractivity contribution in [3.8, 4) is 67.0 Å². The lowest BCUT2D eigenvalue weighted by Crippen LogP contribution is -2.28. The molecule has 2 aromatic heterocycles. The Balaban J connectivity index is 1.08. The standard InChI is InChI=1S/C60H40N2/c1-6-20-42(21-7-1)56-57(44-22-8-2-9-23-44)61-62-58(45-24-10-3-11-25-45)55(51-31-16-17-32-52(51)59(56)62)43-36-34-41(35-37-43)46-38-39-50-49-30-18-19-33-53(49)60(54(50)40-46,47-26-12-4-13-27-47)48-28-14-5-15-29-48/h1-40H. The lowest BCUT2D eigenvalue weighted by atomic mass is 9.67. The Kier molecular flexibility index (Phi) is 8.43. The predicted octanol–water partition coefficient (Wildman–Crippen LogP) is 15.2. The zero-order valence-electron chi connectivity index (χ0n) is 34.0. The molecule has 11 aromatic rings. The van der Waals surface area contributed by atoms with Gasteiger partial charge in [-0.3, -0.25) is 0 Å². The van der Waals surface area contributed by atoms with Crippen molar-refractivity contribution in [3.05, 3.63) is 265 Å². The van der Waals surface area contributed by atoms with Crippen molar-refractivity contribution in [1.29, 1.82) is 0 Å². The largest absolute Gasteiger partial charge is 0.231 e. The molecule has 1 aliphatic rings. The second-order valence-electron chi connectivity index (χ2n) is 16.2. The van der Waals surface area contributed by atoms with Gasteiger partial charge in [0, 0.05) is 27.6 Å². The van der Waals surface area contributed by atoms with Crippen molar-refractivity contribution in [3.63, 3.8) is 0 Å². The van der Waals surface area contributed by atoms with Gasteiger partial charge in [-0.05, 0) is 67.1 Å². The van der Waals surface area contributed by atoms with Crippen LogP contribution in [0.2, 0.25) is 0 Å². The summed E-state index contributed by atoms with van der Waals surface area (Å²) in [7, 11) is 0. The van der Waals surface area contributed by atoms with E-state index >= 15 is 0 Å². The second kappa shape index (κ2) is 14.6. The van der Waals surface area contributed by atoms with Gasteiger partial charge in [0.15, 0.2) is 0 Å². The van der Waals surface area contributed by atoms with Crippen LogP contribution in [0.15, 0.2) is 243 Å². The van der Waals surface area contributed by atoms with E-state index < -0.39 is 5.41 Å². The number of rotatable bonds is 7. The lowest BCUT2D eigenvalue weighted by molar-refractivity contribution is 0.769. The van der Waals surface area contributed by atoms with Gasteiger partial charge in [0.05, 0.1) is 16.6 Å². The molecule has 290 valence electrons. The minimum atomic E-state index is -0.454. The van der Waals surface area contributed by atoms with Crippen molar-refractivity contribution in [1.82, 2.24) is 9.61 Å². The molecule has 2 nitrogen and oxygen atoms in total. The van der Waals surface area contributed by atoms with E-state index in [0.717, 1.165) is 55.7 Å². The molecule has 0 spiro atoms. The monoisotopic (exact) mass is 788 g/mol. The molecule has 0 radical (unpaired) electrons. The molecule has 0 unspecified atom stereocenters. The first-order chi connectivity index (χ1) is 30.8. The molecule has 0 fully saturated rings. The summed E-state index contributed by atoms with van der Waals surface area (Å²) in [5, 5.41) is 7.92. The maximum absolute atomic E-state index is 5.57. The Morgan fingerprint density at radius 2 is 0.790 bits per heavy atom. The Morgan fingerprint density at radius 3 is 1.44 bits per heavy atom. The Hall–Kier alpha value is -8.07. The van der Waals surface area contributed by atoms with Gasteiger partial charge in [0.25, 0.3) is 0 Å². The normalized spacial score (nSPS) is 12.6. The summed E-state index contributed by atoms with van der Waals surface area (Å²) in [5.41, 5.74) is 19.5. The van der Waals surface area contributed by atoms with Crippen LogP contribution in [0.3, 0.4) is 0 Å². The molecule has 12 rings (SSSR count). The van der Waals surface area contributed by atoms with Gasteiger partial charge in [-0.1, -0.05) is 237 Å². The number of hydrogen-bond donors (Lipinski definition) is 0. The number of nitrogens with zero attached hydrogens (tertiary/aromatic N) is 2. The fraction of sp³-hybridized carbons (Fsp3) is 0.0167. The maximum Gasteiger partial charge on any atom is 0.101 e. The first-order valence-electron chi connectivity index (χ1n) is 21.4. The van der Waals surface area contributed by atoms with Crippen LogP contribution in [-0.4, -0.2) is 9.61 Å². The van der Waals surface area contributed by atoms with Crippen LogP contribution in [-0.2, 0) is 5.41 Å². The zero-order valence-corrected chi connectivity index (χ0v) is 34.0. The van der Waals surface area contributed by atoms with E-state index in [0.29, 0.717) is 0 Å². The van der Waals surface area contributed by atoms with Crippen LogP contribution in [0.5, 0.6) is 0 Å². The minimum Gasteiger partial charge on any atom is -0.231 e. The van der Waals surface area contributed by atoms with Gasteiger partial charge >= 0.3 is 0 Å². The van der Waals surface area contributed by atoms with Crippen LogP contribution < -0.4 is 0 Å². The van der Waals surface area contributed by atoms with Gasteiger partial charge in [0.1, 0.15) is 5.69 Å². The van der Waals surface area contributed by atoms with E-state index in [1.54, 1.807) is 0 Å². The van der Waals surface area contributed by atoms with Crippen molar-refractivity contribution in [2.45, 2.75) is 5.41 Å². The summed E-state index contributed by atoms with van der Waals surface area (Å²) in [4.78, 5) is 0.